The number of nitrogens with zero attached hydrogens (tertiary/aromatic N) is 1. The summed E-state index contributed by atoms with van der Waals surface area (Å²) < 4.78 is 35.1. The van der Waals surface area contributed by atoms with Gasteiger partial charge < -0.3 is 14.0 Å². The fourth-order valence-corrected chi connectivity index (χ4v) is 3.32. The van der Waals surface area contributed by atoms with Crippen molar-refractivity contribution in [1.29, 1.82) is 0 Å². The van der Waals surface area contributed by atoms with Crippen LogP contribution in [0.25, 0.3) is 0 Å². The van der Waals surface area contributed by atoms with Gasteiger partial charge in [0, 0.05) is 11.3 Å². The molecule has 0 spiro atoms. The molecular formula is C16H22NO5S-. The Hall–Kier alpha value is -1.44. The summed E-state index contributed by atoms with van der Waals surface area (Å²) >= 11 is -2.39. The summed E-state index contributed by atoms with van der Waals surface area (Å²) in [6.07, 6.45) is 1.43. The lowest BCUT2D eigenvalue weighted by atomic mass is 9.98. The second-order valence-corrected chi connectivity index (χ2v) is 7.29. The van der Waals surface area contributed by atoms with E-state index < -0.39 is 22.8 Å². The minimum absolute atomic E-state index is 0.154. The van der Waals surface area contributed by atoms with Gasteiger partial charge in [-0.1, -0.05) is 18.2 Å². The molecule has 0 N–H and O–H groups in total. The highest BCUT2D eigenvalue weighted by molar-refractivity contribution is 7.80. The van der Waals surface area contributed by atoms with E-state index in [1.54, 1.807) is 26.8 Å². The number of carbonyl (C=O) groups excluding carboxylic acids is 1. The summed E-state index contributed by atoms with van der Waals surface area (Å²) in [5.74, 6) is -0.455. The first-order chi connectivity index (χ1) is 10.8. The second-order valence-electron chi connectivity index (χ2n) is 6.47. The van der Waals surface area contributed by atoms with Crippen LogP contribution in [0, 0.1) is 0 Å². The number of carbonyl (C=O) groups is 1. The topological polar surface area (TPSA) is 78.9 Å². The van der Waals surface area contributed by atoms with Gasteiger partial charge in [0.2, 0.25) is 0 Å². The van der Waals surface area contributed by atoms with Crippen molar-refractivity contribution < 1.29 is 23.0 Å². The molecule has 0 bridgehead atoms. The van der Waals surface area contributed by atoms with Gasteiger partial charge in [0.05, 0.1) is 18.3 Å². The number of para-hydroxylation sites is 1. The monoisotopic (exact) mass is 340 g/mol. The molecule has 0 aromatic heterocycles. The molecule has 0 aliphatic carbocycles. The molecule has 1 heterocycles. The lowest BCUT2D eigenvalue weighted by Crippen LogP contribution is -2.43. The number of esters is 1. The third-order valence-electron chi connectivity index (χ3n) is 3.42. The van der Waals surface area contributed by atoms with E-state index in [1.165, 1.54) is 4.31 Å². The predicted octanol–water partition coefficient (Wildman–Crippen LogP) is 1.96. The maximum absolute atomic E-state index is 11.6. The number of anilines is 1. The molecule has 6 nitrogen and oxygen atoms in total. The van der Waals surface area contributed by atoms with Gasteiger partial charge in [-0.15, -0.1) is 0 Å². The second kappa shape index (κ2) is 7.42. The minimum Gasteiger partial charge on any atom is -0.755 e. The molecule has 2 atom stereocenters. The average molecular weight is 340 g/mol. The van der Waals surface area contributed by atoms with Crippen LogP contribution in [0.15, 0.2) is 24.3 Å². The van der Waals surface area contributed by atoms with Gasteiger partial charge in [0.1, 0.15) is 12.2 Å². The Morgan fingerprint density at radius 2 is 2.09 bits per heavy atom. The number of aryl methyl sites for hydroxylation is 1. The van der Waals surface area contributed by atoms with Crippen LogP contribution in [0.4, 0.5) is 5.69 Å². The predicted molar refractivity (Wildman–Crippen MR) is 86.6 cm³/mol. The molecule has 23 heavy (non-hydrogen) atoms. The van der Waals surface area contributed by atoms with Crippen LogP contribution in [0.5, 0.6) is 0 Å². The van der Waals surface area contributed by atoms with E-state index in [-0.39, 0.29) is 19.3 Å². The Bertz CT molecular complexity index is 584. The maximum Gasteiger partial charge on any atom is 0.332 e. The zero-order valence-corrected chi connectivity index (χ0v) is 14.4. The standard InChI is InChI=1S/C16H23NO5S/c1-16(2,3)22-15(18)11-21-10-13-9-8-12-6-4-5-7-14(12)17(13)23(19)20/h4-7,13H,8-11H2,1-3H3,(H,19,20)/p-1. The highest BCUT2D eigenvalue weighted by Crippen LogP contribution is 2.31. The summed E-state index contributed by atoms with van der Waals surface area (Å²) in [6, 6.07) is 7.09. The van der Waals surface area contributed by atoms with E-state index in [0.717, 1.165) is 12.0 Å². The van der Waals surface area contributed by atoms with Crippen LogP contribution in [0.1, 0.15) is 32.8 Å². The highest BCUT2D eigenvalue weighted by Gasteiger charge is 2.27. The van der Waals surface area contributed by atoms with Crippen molar-refractivity contribution in [1.82, 2.24) is 0 Å². The smallest absolute Gasteiger partial charge is 0.332 e. The first-order valence-corrected chi connectivity index (χ1v) is 8.57. The van der Waals surface area contributed by atoms with Crippen molar-refractivity contribution in [2.45, 2.75) is 45.3 Å². The molecule has 0 radical (unpaired) electrons. The number of hydrogen-bond acceptors (Lipinski definition) is 5. The average Bonchev–Trinajstić information content (AvgIpc) is 2.44. The van der Waals surface area contributed by atoms with Crippen molar-refractivity contribution in [3.63, 3.8) is 0 Å². The van der Waals surface area contributed by atoms with Gasteiger partial charge in [0.15, 0.2) is 0 Å². The highest BCUT2D eigenvalue weighted by atomic mass is 32.2. The SMILES string of the molecule is CC(C)(C)OC(=O)COCC1CCc2ccccc2N1S(=O)[O-]. The molecule has 0 fully saturated rings. The lowest BCUT2D eigenvalue weighted by molar-refractivity contribution is -0.160. The molecule has 1 aliphatic heterocycles. The largest absolute Gasteiger partial charge is 0.755 e. The van der Waals surface area contributed by atoms with Crippen molar-refractivity contribution in [3.8, 4) is 0 Å². The van der Waals surface area contributed by atoms with Gasteiger partial charge in [-0.2, -0.15) is 0 Å². The Kier molecular flexibility index (Phi) is 5.78. The van der Waals surface area contributed by atoms with Gasteiger partial charge >= 0.3 is 5.97 Å². The summed E-state index contributed by atoms with van der Waals surface area (Å²) in [6.45, 7) is 5.32. The zero-order chi connectivity index (χ0) is 17.0. The zero-order valence-electron chi connectivity index (χ0n) is 13.6. The quantitative estimate of drug-likeness (QED) is 0.605. The van der Waals surface area contributed by atoms with Crippen molar-refractivity contribution in [3.05, 3.63) is 29.8 Å². The minimum atomic E-state index is -2.39. The Morgan fingerprint density at radius 1 is 1.39 bits per heavy atom. The van der Waals surface area contributed by atoms with Crippen LogP contribution in [-0.4, -0.2) is 39.6 Å². The number of ether oxygens (including phenoxy) is 2. The number of hydrogen-bond donors (Lipinski definition) is 0. The first-order valence-electron chi connectivity index (χ1n) is 7.54. The lowest BCUT2D eigenvalue weighted by Gasteiger charge is -2.39. The molecule has 128 valence electrons. The van der Waals surface area contributed by atoms with Gasteiger partial charge in [-0.05, 0) is 45.2 Å². The third-order valence-corrected chi connectivity index (χ3v) is 4.23. The Morgan fingerprint density at radius 3 is 2.74 bits per heavy atom. The van der Waals surface area contributed by atoms with Crippen LogP contribution in [0.3, 0.4) is 0 Å². The fourth-order valence-electron chi connectivity index (χ4n) is 2.58. The van der Waals surface area contributed by atoms with E-state index >= 15 is 0 Å². The fraction of sp³-hybridized carbons (Fsp3) is 0.562. The molecule has 1 aliphatic rings. The van der Waals surface area contributed by atoms with E-state index in [9.17, 15) is 13.6 Å². The first kappa shape index (κ1) is 17.9. The molecule has 0 saturated carbocycles. The summed E-state index contributed by atoms with van der Waals surface area (Å²) in [4.78, 5) is 11.6. The van der Waals surface area contributed by atoms with Gasteiger partial charge in [0.25, 0.3) is 0 Å². The summed E-state index contributed by atoms with van der Waals surface area (Å²) in [5.41, 5.74) is 1.12. The van der Waals surface area contributed by atoms with Crippen molar-refractivity contribution in [2.75, 3.05) is 17.5 Å². The summed E-state index contributed by atoms with van der Waals surface area (Å²) in [5, 5.41) is 0. The normalized spacial score (nSPS) is 19.1. The molecule has 1 aromatic rings. The van der Waals surface area contributed by atoms with Gasteiger partial charge in [-0.3, -0.25) is 8.51 Å². The third kappa shape index (κ3) is 5.02. The number of fused-ring (bicyclic) bond motifs is 1. The number of benzene rings is 1. The van der Waals surface area contributed by atoms with Gasteiger partial charge in [-0.25, -0.2) is 4.79 Å². The van der Waals surface area contributed by atoms with Crippen LogP contribution >= 0.6 is 0 Å². The molecule has 0 amide bonds. The Balaban J connectivity index is 1.95. The Labute approximate surface area is 139 Å². The van der Waals surface area contributed by atoms with E-state index in [1.807, 2.05) is 18.2 Å². The van der Waals surface area contributed by atoms with Crippen molar-refractivity contribution in [2.24, 2.45) is 0 Å². The maximum atomic E-state index is 11.6. The van der Waals surface area contributed by atoms with Crippen LogP contribution in [0.2, 0.25) is 0 Å². The van der Waals surface area contributed by atoms with Crippen LogP contribution in [-0.2, 0) is 32.0 Å². The van der Waals surface area contributed by atoms with E-state index in [0.29, 0.717) is 12.1 Å². The van der Waals surface area contributed by atoms with Crippen molar-refractivity contribution >= 4 is 22.9 Å². The number of rotatable bonds is 5. The molecule has 2 unspecified atom stereocenters. The molecule has 0 saturated heterocycles. The van der Waals surface area contributed by atoms with E-state index in [2.05, 4.69) is 0 Å². The summed E-state index contributed by atoms with van der Waals surface area (Å²) in [7, 11) is 0. The van der Waals surface area contributed by atoms with E-state index in [4.69, 9.17) is 9.47 Å². The van der Waals surface area contributed by atoms with Crippen LogP contribution < -0.4 is 4.31 Å². The molecule has 1 aromatic carbocycles. The molecular weight excluding hydrogens is 318 g/mol. The molecule has 2 rings (SSSR count). The molecule has 7 heteroatoms.